The monoisotopic (exact) mass is 306 g/mol. The van der Waals surface area contributed by atoms with Crippen LogP contribution < -0.4 is 5.32 Å². The molecule has 1 heterocycles. The Morgan fingerprint density at radius 2 is 2.00 bits per heavy atom. The summed E-state index contributed by atoms with van der Waals surface area (Å²) in [6.07, 6.45) is -0.966. The summed E-state index contributed by atoms with van der Waals surface area (Å²) >= 11 is 3.27. The van der Waals surface area contributed by atoms with Gasteiger partial charge in [-0.15, -0.1) is 0 Å². The van der Waals surface area contributed by atoms with Crippen LogP contribution in [0.4, 0.5) is 4.79 Å². The SMILES string of the molecule is CCOC(=O)N[C@@H]([C@H](C)Br)N1C(=O)CCC1=O. The number of ether oxygens (including phenoxy) is 1. The van der Waals surface area contributed by atoms with E-state index in [-0.39, 0.29) is 36.1 Å². The second-order valence-electron chi connectivity index (χ2n) is 3.64. The molecule has 1 aliphatic rings. The molecule has 0 saturated carbocycles. The summed E-state index contributed by atoms with van der Waals surface area (Å²) in [7, 11) is 0. The van der Waals surface area contributed by atoms with Gasteiger partial charge in [0.2, 0.25) is 11.8 Å². The minimum Gasteiger partial charge on any atom is -0.450 e. The molecule has 7 heteroatoms. The van der Waals surface area contributed by atoms with Gasteiger partial charge in [-0.2, -0.15) is 0 Å². The maximum absolute atomic E-state index is 11.6. The van der Waals surface area contributed by atoms with Gasteiger partial charge in [-0.1, -0.05) is 15.9 Å². The molecule has 0 aromatic rings. The van der Waals surface area contributed by atoms with Crippen molar-refractivity contribution in [3.05, 3.63) is 0 Å². The van der Waals surface area contributed by atoms with E-state index in [2.05, 4.69) is 21.2 Å². The van der Waals surface area contributed by atoms with E-state index < -0.39 is 12.3 Å². The quantitative estimate of drug-likeness (QED) is 0.621. The Balaban J connectivity index is 2.75. The molecule has 0 aromatic heterocycles. The summed E-state index contributed by atoms with van der Waals surface area (Å²) < 4.78 is 4.73. The summed E-state index contributed by atoms with van der Waals surface area (Å²) in [5, 5.41) is 2.50. The fourth-order valence-electron chi connectivity index (χ4n) is 1.58. The van der Waals surface area contributed by atoms with E-state index in [0.29, 0.717) is 0 Å². The lowest BCUT2D eigenvalue weighted by Crippen LogP contribution is -2.54. The van der Waals surface area contributed by atoms with Crippen LogP contribution in [0.3, 0.4) is 0 Å². The predicted molar refractivity (Wildman–Crippen MR) is 63.4 cm³/mol. The lowest BCUT2D eigenvalue weighted by molar-refractivity contribution is -0.141. The van der Waals surface area contributed by atoms with Gasteiger partial charge >= 0.3 is 6.09 Å². The van der Waals surface area contributed by atoms with E-state index in [1.807, 2.05) is 0 Å². The normalized spacial score (nSPS) is 19.1. The number of hydrogen-bond donors (Lipinski definition) is 1. The molecule has 1 rings (SSSR count). The maximum atomic E-state index is 11.6. The number of halogens is 1. The van der Waals surface area contributed by atoms with E-state index in [0.717, 1.165) is 4.90 Å². The van der Waals surface area contributed by atoms with Gasteiger partial charge in [0.1, 0.15) is 6.17 Å². The molecular formula is C10H15BrN2O4. The number of nitrogens with one attached hydrogen (secondary N) is 1. The van der Waals surface area contributed by atoms with E-state index >= 15 is 0 Å². The highest BCUT2D eigenvalue weighted by Crippen LogP contribution is 2.19. The molecule has 6 nitrogen and oxygen atoms in total. The number of rotatable bonds is 4. The maximum Gasteiger partial charge on any atom is 0.408 e. The zero-order valence-corrected chi connectivity index (χ0v) is 11.3. The lowest BCUT2D eigenvalue weighted by atomic mass is 10.3. The van der Waals surface area contributed by atoms with Crippen LogP contribution in [-0.2, 0) is 14.3 Å². The number of carbonyl (C=O) groups excluding carboxylic acids is 3. The van der Waals surface area contributed by atoms with Gasteiger partial charge in [-0.25, -0.2) is 4.79 Å². The minimum absolute atomic E-state index is 0.194. The number of alkyl carbamates (subject to hydrolysis) is 1. The van der Waals surface area contributed by atoms with Gasteiger partial charge in [-0.3, -0.25) is 19.8 Å². The third-order valence-corrected chi connectivity index (χ3v) is 2.85. The Kier molecular flexibility index (Phi) is 4.92. The van der Waals surface area contributed by atoms with Crippen LogP contribution in [0.1, 0.15) is 26.7 Å². The average molecular weight is 307 g/mol. The van der Waals surface area contributed by atoms with E-state index in [1.54, 1.807) is 13.8 Å². The number of hydrogen-bond acceptors (Lipinski definition) is 4. The second kappa shape index (κ2) is 6.00. The zero-order chi connectivity index (χ0) is 13.0. The summed E-state index contributed by atoms with van der Waals surface area (Å²) in [6.45, 7) is 3.66. The first kappa shape index (κ1) is 14.0. The van der Waals surface area contributed by atoms with Crippen molar-refractivity contribution < 1.29 is 19.1 Å². The Morgan fingerprint density at radius 1 is 1.47 bits per heavy atom. The molecule has 17 heavy (non-hydrogen) atoms. The molecule has 1 fully saturated rings. The zero-order valence-electron chi connectivity index (χ0n) is 9.73. The Bertz CT molecular complexity index is 316. The fourth-order valence-corrected chi connectivity index (χ4v) is 1.95. The molecule has 1 saturated heterocycles. The van der Waals surface area contributed by atoms with Crippen molar-refractivity contribution in [3.8, 4) is 0 Å². The lowest BCUT2D eigenvalue weighted by Gasteiger charge is -2.28. The minimum atomic E-state index is -0.712. The van der Waals surface area contributed by atoms with Gasteiger partial charge in [0.05, 0.1) is 11.4 Å². The molecule has 1 N–H and O–H groups in total. The number of carbonyl (C=O) groups is 3. The largest absolute Gasteiger partial charge is 0.450 e. The topological polar surface area (TPSA) is 75.7 Å². The highest BCUT2D eigenvalue weighted by atomic mass is 79.9. The van der Waals surface area contributed by atoms with Crippen molar-refractivity contribution in [3.63, 3.8) is 0 Å². The highest BCUT2D eigenvalue weighted by molar-refractivity contribution is 9.09. The second-order valence-corrected chi connectivity index (χ2v) is 5.09. The third kappa shape index (κ3) is 3.42. The Hall–Kier alpha value is -1.11. The first-order chi connectivity index (χ1) is 7.97. The number of nitrogens with zero attached hydrogens (tertiary/aromatic N) is 1. The van der Waals surface area contributed by atoms with Crippen LogP contribution in [-0.4, -0.2) is 40.4 Å². The Labute approximate surface area is 108 Å². The molecule has 0 spiro atoms. The Morgan fingerprint density at radius 3 is 2.41 bits per heavy atom. The van der Waals surface area contributed by atoms with Crippen molar-refractivity contribution in [1.29, 1.82) is 0 Å². The smallest absolute Gasteiger partial charge is 0.408 e. The van der Waals surface area contributed by atoms with Gasteiger partial charge in [-0.05, 0) is 13.8 Å². The highest BCUT2D eigenvalue weighted by Gasteiger charge is 2.38. The van der Waals surface area contributed by atoms with Crippen LogP contribution in [0.2, 0.25) is 0 Å². The molecule has 0 bridgehead atoms. The van der Waals surface area contributed by atoms with Crippen LogP contribution in [0.5, 0.6) is 0 Å². The van der Waals surface area contributed by atoms with Crippen molar-refractivity contribution in [2.75, 3.05) is 6.61 Å². The summed E-state index contributed by atoms with van der Waals surface area (Å²) in [6, 6.07) is 0. The standard InChI is InChI=1S/C10H15BrN2O4/c1-3-17-10(16)12-9(6(2)11)13-7(14)4-5-8(13)15/h6,9H,3-5H2,1-2H3,(H,12,16)/t6-,9+/m0/s1. The molecule has 0 aromatic carbocycles. The van der Waals surface area contributed by atoms with Gasteiger partial charge in [0.15, 0.2) is 0 Å². The van der Waals surface area contributed by atoms with Crippen molar-refractivity contribution in [2.45, 2.75) is 37.7 Å². The van der Waals surface area contributed by atoms with Crippen molar-refractivity contribution >= 4 is 33.8 Å². The summed E-state index contributed by atoms with van der Waals surface area (Å²) in [5.74, 6) is -0.550. The average Bonchev–Trinajstić information content (AvgIpc) is 2.56. The van der Waals surface area contributed by atoms with E-state index in [1.165, 1.54) is 0 Å². The number of amides is 3. The van der Waals surface area contributed by atoms with Gasteiger partial charge in [0, 0.05) is 12.8 Å². The first-order valence-corrected chi connectivity index (χ1v) is 6.31. The molecule has 0 aliphatic carbocycles. The van der Waals surface area contributed by atoms with E-state index in [4.69, 9.17) is 4.74 Å². The molecule has 0 unspecified atom stereocenters. The molecular weight excluding hydrogens is 292 g/mol. The fraction of sp³-hybridized carbons (Fsp3) is 0.700. The van der Waals surface area contributed by atoms with E-state index in [9.17, 15) is 14.4 Å². The number of likely N-dealkylation sites (tertiary alicyclic amines) is 1. The molecule has 3 amide bonds. The van der Waals surface area contributed by atoms with Crippen molar-refractivity contribution in [1.82, 2.24) is 10.2 Å². The van der Waals surface area contributed by atoms with Crippen molar-refractivity contribution in [2.24, 2.45) is 0 Å². The third-order valence-electron chi connectivity index (χ3n) is 2.34. The van der Waals surface area contributed by atoms with Crippen LogP contribution in [0.15, 0.2) is 0 Å². The summed E-state index contributed by atoms with van der Waals surface area (Å²) in [4.78, 5) is 35.3. The van der Waals surface area contributed by atoms with Crippen LogP contribution in [0, 0.1) is 0 Å². The summed E-state index contributed by atoms with van der Waals surface area (Å²) in [5.41, 5.74) is 0. The molecule has 0 radical (unpaired) electrons. The van der Waals surface area contributed by atoms with Crippen LogP contribution in [0.25, 0.3) is 0 Å². The number of alkyl halides is 1. The van der Waals surface area contributed by atoms with Gasteiger partial charge in [0.25, 0.3) is 0 Å². The first-order valence-electron chi connectivity index (χ1n) is 5.39. The van der Waals surface area contributed by atoms with Gasteiger partial charge < -0.3 is 4.74 Å². The number of imide groups is 1. The predicted octanol–water partition coefficient (Wildman–Crippen LogP) is 0.991. The molecule has 1 aliphatic heterocycles. The van der Waals surface area contributed by atoms with Crippen LogP contribution >= 0.6 is 15.9 Å². The molecule has 2 atom stereocenters. The molecule has 96 valence electrons.